The number of anilines is 1. The lowest BCUT2D eigenvalue weighted by atomic mass is 10.3. The summed E-state index contributed by atoms with van der Waals surface area (Å²) in [4.78, 5) is 21.1. The van der Waals surface area contributed by atoms with Gasteiger partial charge >= 0.3 is 6.03 Å². The van der Waals surface area contributed by atoms with Crippen LogP contribution < -0.4 is 5.32 Å². The van der Waals surface area contributed by atoms with E-state index in [0.29, 0.717) is 31.9 Å². The number of nitrogens with zero attached hydrogens (tertiary/aromatic N) is 6. The van der Waals surface area contributed by atoms with Crippen LogP contribution in [0.15, 0.2) is 11.4 Å². The first kappa shape index (κ1) is 18.4. The van der Waals surface area contributed by atoms with Gasteiger partial charge in [-0.1, -0.05) is 0 Å². The zero-order valence-electron chi connectivity index (χ0n) is 15.1. The van der Waals surface area contributed by atoms with E-state index >= 15 is 0 Å². The fourth-order valence-electron chi connectivity index (χ4n) is 2.96. The number of thiazole rings is 1. The van der Waals surface area contributed by atoms with Crippen molar-refractivity contribution in [1.29, 1.82) is 5.26 Å². The van der Waals surface area contributed by atoms with Crippen molar-refractivity contribution < 1.29 is 4.79 Å². The topological polar surface area (TPSA) is 90.1 Å². The lowest BCUT2D eigenvalue weighted by Gasteiger charge is -2.34. The Hall–Kier alpha value is -2.44. The number of hydrogen-bond acceptors (Lipinski definition) is 6. The van der Waals surface area contributed by atoms with Gasteiger partial charge in [0.15, 0.2) is 5.82 Å². The summed E-state index contributed by atoms with van der Waals surface area (Å²) in [7, 11) is 0. The number of aromatic nitrogens is 3. The highest BCUT2D eigenvalue weighted by Crippen LogP contribution is 2.14. The first-order chi connectivity index (χ1) is 12.5. The molecule has 3 heterocycles. The number of nitrogens with one attached hydrogen (secondary N) is 1. The SMILES string of the molecule is Cc1nc(CN2CCN(C(=O)Nc3cc(C)n(CCC#N)n3)CC2)cs1. The van der Waals surface area contributed by atoms with Crippen LogP contribution in [0.1, 0.15) is 22.8 Å². The van der Waals surface area contributed by atoms with Gasteiger partial charge in [0, 0.05) is 49.9 Å². The molecule has 2 amide bonds. The highest BCUT2D eigenvalue weighted by molar-refractivity contribution is 7.09. The molecule has 9 heteroatoms. The van der Waals surface area contributed by atoms with E-state index in [1.165, 1.54) is 0 Å². The van der Waals surface area contributed by atoms with Crippen molar-refractivity contribution in [3.63, 3.8) is 0 Å². The second-order valence-electron chi connectivity index (χ2n) is 6.35. The van der Waals surface area contributed by atoms with E-state index in [9.17, 15) is 4.79 Å². The maximum absolute atomic E-state index is 12.5. The minimum Gasteiger partial charge on any atom is -0.322 e. The van der Waals surface area contributed by atoms with Crippen LogP contribution in [0, 0.1) is 25.2 Å². The zero-order chi connectivity index (χ0) is 18.5. The summed E-state index contributed by atoms with van der Waals surface area (Å²) in [5, 5.41) is 19.1. The number of urea groups is 1. The Morgan fingerprint density at radius 1 is 1.35 bits per heavy atom. The molecule has 1 fully saturated rings. The number of amides is 2. The largest absolute Gasteiger partial charge is 0.323 e. The maximum Gasteiger partial charge on any atom is 0.323 e. The van der Waals surface area contributed by atoms with Crippen LogP contribution in [-0.4, -0.2) is 56.8 Å². The molecule has 1 N–H and O–H groups in total. The molecule has 0 aliphatic carbocycles. The highest BCUT2D eigenvalue weighted by atomic mass is 32.1. The Morgan fingerprint density at radius 3 is 2.77 bits per heavy atom. The van der Waals surface area contributed by atoms with Gasteiger partial charge in [0.25, 0.3) is 0 Å². The van der Waals surface area contributed by atoms with Crippen molar-refractivity contribution in [2.45, 2.75) is 33.4 Å². The van der Waals surface area contributed by atoms with E-state index in [4.69, 9.17) is 5.26 Å². The van der Waals surface area contributed by atoms with Crippen LogP contribution in [0.5, 0.6) is 0 Å². The number of nitriles is 1. The Labute approximate surface area is 157 Å². The number of aryl methyl sites for hydroxylation is 3. The standard InChI is InChI=1S/C17H23N7OS/c1-13-10-16(21-24(13)5-3-4-18)20-17(25)23-8-6-22(7-9-23)11-15-12-26-14(2)19-15/h10,12H,3,5-9,11H2,1-2H3,(H,20,21,25). The van der Waals surface area contributed by atoms with Gasteiger partial charge in [-0.2, -0.15) is 10.4 Å². The Balaban J connectivity index is 1.48. The lowest BCUT2D eigenvalue weighted by molar-refractivity contribution is 0.142. The van der Waals surface area contributed by atoms with E-state index < -0.39 is 0 Å². The molecule has 26 heavy (non-hydrogen) atoms. The summed E-state index contributed by atoms with van der Waals surface area (Å²) in [5.41, 5.74) is 2.03. The van der Waals surface area contributed by atoms with Crippen molar-refractivity contribution in [3.05, 3.63) is 27.8 Å². The third-order valence-corrected chi connectivity index (χ3v) is 5.19. The molecule has 1 saturated heterocycles. The van der Waals surface area contributed by atoms with Crippen LogP contribution >= 0.6 is 11.3 Å². The fraction of sp³-hybridized carbons (Fsp3) is 0.529. The monoisotopic (exact) mass is 373 g/mol. The average Bonchev–Trinajstić information content (AvgIpc) is 3.18. The molecule has 0 radical (unpaired) electrons. The number of hydrogen-bond donors (Lipinski definition) is 1. The zero-order valence-corrected chi connectivity index (χ0v) is 15.9. The summed E-state index contributed by atoms with van der Waals surface area (Å²) in [6, 6.07) is 3.81. The lowest BCUT2D eigenvalue weighted by Crippen LogP contribution is -2.49. The number of carbonyl (C=O) groups excluding carboxylic acids is 1. The van der Waals surface area contributed by atoms with E-state index in [2.05, 4.69) is 31.7 Å². The predicted octanol–water partition coefficient (Wildman–Crippen LogP) is 2.22. The molecule has 0 spiro atoms. The number of piperazine rings is 1. The third kappa shape index (κ3) is 4.59. The first-order valence-corrected chi connectivity index (χ1v) is 9.54. The fourth-order valence-corrected chi connectivity index (χ4v) is 3.56. The summed E-state index contributed by atoms with van der Waals surface area (Å²) >= 11 is 1.67. The van der Waals surface area contributed by atoms with E-state index in [-0.39, 0.29) is 6.03 Å². The predicted molar refractivity (Wildman–Crippen MR) is 99.9 cm³/mol. The maximum atomic E-state index is 12.5. The summed E-state index contributed by atoms with van der Waals surface area (Å²) in [5.74, 6) is 0.533. The molecule has 2 aromatic rings. The normalized spacial score (nSPS) is 15.0. The average molecular weight is 373 g/mol. The van der Waals surface area contributed by atoms with Gasteiger partial charge in [-0.25, -0.2) is 9.78 Å². The summed E-state index contributed by atoms with van der Waals surface area (Å²) in [6.45, 7) is 8.33. The van der Waals surface area contributed by atoms with Crippen LogP contribution in [0.25, 0.3) is 0 Å². The van der Waals surface area contributed by atoms with Crippen molar-refractivity contribution in [1.82, 2.24) is 24.6 Å². The van der Waals surface area contributed by atoms with Crippen molar-refractivity contribution in [2.24, 2.45) is 0 Å². The highest BCUT2D eigenvalue weighted by Gasteiger charge is 2.22. The second-order valence-corrected chi connectivity index (χ2v) is 7.42. The van der Waals surface area contributed by atoms with Crippen LogP contribution in [0.3, 0.4) is 0 Å². The molecule has 0 unspecified atom stereocenters. The number of rotatable bonds is 5. The molecule has 0 aromatic carbocycles. The van der Waals surface area contributed by atoms with Crippen LogP contribution in [0.4, 0.5) is 10.6 Å². The molecule has 0 atom stereocenters. The molecule has 8 nitrogen and oxygen atoms in total. The van der Waals surface area contributed by atoms with E-state index in [1.807, 2.05) is 24.8 Å². The molecule has 0 bridgehead atoms. The first-order valence-electron chi connectivity index (χ1n) is 8.66. The Kier molecular flexibility index (Phi) is 5.85. The van der Waals surface area contributed by atoms with Gasteiger partial charge in [-0.05, 0) is 13.8 Å². The van der Waals surface area contributed by atoms with Crippen LogP contribution in [-0.2, 0) is 13.1 Å². The van der Waals surface area contributed by atoms with E-state index in [1.54, 1.807) is 16.0 Å². The smallest absolute Gasteiger partial charge is 0.322 e. The van der Waals surface area contributed by atoms with Crippen molar-refractivity contribution in [2.75, 3.05) is 31.5 Å². The van der Waals surface area contributed by atoms with Gasteiger partial charge in [-0.15, -0.1) is 11.3 Å². The number of carbonyl (C=O) groups is 1. The van der Waals surface area contributed by atoms with E-state index in [0.717, 1.165) is 36.0 Å². The summed E-state index contributed by atoms with van der Waals surface area (Å²) < 4.78 is 1.74. The van der Waals surface area contributed by atoms with Gasteiger partial charge in [-0.3, -0.25) is 14.9 Å². The van der Waals surface area contributed by atoms with Gasteiger partial charge in [0.2, 0.25) is 0 Å². The van der Waals surface area contributed by atoms with Crippen molar-refractivity contribution in [3.8, 4) is 6.07 Å². The third-order valence-electron chi connectivity index (χ3n) is 4.36. The minimum atomic E-state index is -0.126. The Bertz CT molecular complexity index is 798. The molecule has 138 valence electrons. The van der Waals surface area contributed by atoms with Gasteiger partial charge in [0.05, 0.1) is 29.7 Å². The second kappa shape index (κ2) is 8.29. The molecule has 1 aliphatic heterocycles. The summed E-state index contributed by atoms with van der Waals surface area (Å²) in [6.07, 6.45) is 0.399. The molecular weight excluding hydrogens is 350 g/mol. The molecule has 3 rings (SSSR count). The minimum absolute atomic E-state index is 0.126. The quantitative estimate of drug-likeness (QED) is 0.868. The molecule has 2 aromatic heterocycles. The Morgan fingerprint density at radius 2 is 2.12 bits per heavy atom. The van der Waals surface area contributed by atoms with Gasteiger partial charge in [0.1, 0.15) is 0 Å². The van der Waals surface area contributed by atoms with Crippen LogP contribution in [0.2, 0.25) is 0 Å². The molecule has 1 aliphatic rings. The molecule has 0 saturated carbocycles. The van der Waals surface area contributed by atoms with Gasteiger partial charge < -0.3 is 4.90 Å². The van der Waals surface area contributed by atoms with Crippen molar-refractivity contribution >= 4 is 23.2 Å². The molecular formula is C17H23N7OS.